The van der Waals surface area contributed by atoms with E-state index >= 15 is 0 Å². The lowest BCUT2D eigenvalue weighted by Gasteiger charge is -2.10. The summed E-state index contributed by atoms with van der Waals surface area (Å²) in [7, 11) is 1.48. The normalized spacial score (nSPS) is 10.7. The number of benzene rings is 3. The van der Waals surface area contributed by atoms with Crippen LogP contribution in [0.1, 0.15) is 10.4 Å². The second kappa shape index (κ2) is 8.84. The molecule has 1 N–H and O–H groups in total. The Morgan fingerprint density at radius 3 is 2.47 bits per heavy atom. The predicted octanol–water partition coefficient (Wildman–Crippen LogP) is 4.08. The lowest BCUT2D eigenvalue weighted by Crippen LogP contribution is -2.32. The first kappa shape index (κ1) is 19.7. The summed E-state index contributed by atoms with van der Waals surface area (Å²) >= 11 is 1.28. The second-order valence-electron chi connectivity index (χ2n) is 6.42. The van der Waals surface area contributed by atoms with Crippen LogP contribution in [0, 0.1) is 0 Å². The highest BCUT2D eigenvalue weighted by Crippen LogP contribution is 2.27. The van der Waals surface area contributed by atoms with Crippen LogP contribution in [0.15, 0.2) is 84.0 Å². The summed E-state index contributed by atoms with van der Waals surface area (Å²) in [6.07, 6.45) is 0. The van der Waals surface area contributed by atoms with E-state index in [1.807, 2.05) is 59.2 Å². The fourth-order valence-electron chi connectivity index (χ4n) is 3.12. The van der Waals surface area contributed by atoms with Crippen molar-refractivity contribution in [3.8, 4) is 11.4 Å². The highest BCUT2D eigenvalue weighted by molar-refractivity contribution is 7.99. The van der Waals surface area contributed by atoms with E-state index in [9.17, 15) is 9.59 Å². The number of hydrogen-bond acceptors (Lipinski definition) is 5. The van der Waals surface area contributed by atoms with Crippen LogP contribution in [0.3, 0.4) is 0 Å². The highest BCUT2D eigenvalue weighted by atomic mass is 32.2. The van der Waals surface area contributed by atoms with Crippen molar-refractivity contribution in [1.29, 1.82) is 0 Å². The topological polar surface area (TPSA) is 73.2 Å². The first-order chi connectivity index (χ1) is 14.7. The molecule has 4 rings (SSSR count). The Labute approximate surface area is 177 Å². The number of methoxy groups -OCH3 is 1. The van der Waals surface area contributed by atoms with E-state index in [-0.39, 0.29) is 5.75 Å². The fourth-order valence-corrected chi connectivity index (χ4v) is 3.95. The molecule has 0 fully saturated rings. The molecular weight excluding hydrogens is 398 g/mol. The van der Waals surface area contributed by atoms with Crippen LogP contribution < -0.4 is 10.1 Å². The molecule has 2 amide bonds. The van der Waals surface area contributed by atoms with Crippen LogP contribution in [0.25, 0.3) is 16.7 Å². The van der Waals surface area contributed by atoms with E-state index in [0.29, 0.717) is 16.5 Å². The van der Waals surface area contributed by atoms with Gasteiger partial charge in [-0.2, -0.15) is 0 Å². The van der Waals surface area contributed by atoms with Gasteiger partial charge >= 0.3 is 0 Å². The van der Waals surface area contributed by atoms with Crippen LogP contribution >= 0.6 is 11.8 Å². The zero-order valence-corrected chi connectivity index (χ0v) is 17.1. The second-order valence-corrected chi connectivity index (χ2v) is 7.36. The van der Waals surface area contributed by atoms with E-state index in [4.69, 9.17) is 4.74 Å². The number of hydrogen-bond donors (Lipinski definition) is 1. The minimum absolute atomic E-state index is 0.0526. The SMILES string of the molecule is COc1ccccc1C(=O)NC(=O)CSc1nc2ccccc2n1-c1ccccc1. The number of amides is 2. The number of thioether (sulfide) groups is 1. The lowest BCUT2D eigenvalue weighted by atomic mass is 10.2. The number of aromatic nitrogens is 2. The number of rotatable bonds is 6. The van der Waals surface area contributed by atoms with E-state index in [2.05, 4.69) is 10.3 Å². The number of para-hydroxylation sites is 4. The molecule has 0 bridgehead atoms. The quantitative estimate of drug-likeness (QED) is 0.479. The van der Waals surface area contributed by atoms with Gasteiger partial charge < -0.3 is 4.74 Å². The van der Waals surface area contributed by atoms with Gasteiger partial charge in [-0.15, -0.1) is 0 Å². The van der Waals surface area contributed by atoms with Crippen LogP contribution in [0.5, 0.6) is 5.75 Å². The molecule has 6 nitrogen and oxygen atoms in total. The molecule has 0 aliphatic heterocycles. The number of ether oxygens (including phenoxy) is 1. The molecular formula is C23H19N3O3S. The first-order valence-electron chi connectivity index (χ1n) is 9.30. The van der Waals surface area contributed by atoms with Crippen molar-refractivity contribution < 1.29 is 14.3 Å². The summed E-state index contributed by atoms with van der Waals surface area (Å²) in [4.78, 5) is 29.5. The van der Waals surface area contributed by atoms with Gasteiger partial charge in [-0.1, -0.05) is 54.2 Å². The molecule has 0 aliphatic rings. The standard InChI is InChI=1S/C23H19N3O3S/c1-29-20-14-8-5-11-17(20)22(28)25-21(27)15-30-23-24-18-12-6-7-13-19(18)26(23)16-9-3-2-4-10-16/h2-14H,15H2,1H3,(H,25,27,28). The molecule has 1 heterocycles. The fraction of sp³-hybridized carbons (Fsp3) is 0.0870. The zero-order chi connectivity index (χ0) is 20.9. The number of carbonyl (C=O) groups excluding carboxylic acids is 2. The zero-order valence-electron chi connectivity index (χ0n) is 16.2. The van der Waals surface area contributed by atoms with Gasteiger partial charge in [-0.3, -0.25) is 19.5 Å². The van der Waals surface area contributed by atoms with E-state index in [1.54, 1.807) is 24.3 Å². The smallest absolute Gasteiger partial charge is 0.261 e. The maximum atomic E-state index is 12.4. The average Bonchev–Trinajstić information content (AvgIpc) is 3.16. The Morgan fingerprint density at radius 2 is 1.67 bits per heavy atom. The summed E-state index contributed by atoms with van der Waals surface area (Å²) in [6.45, 7) is 0. The number of carbonyl (C=O) groups is 2. The summed E-state index contributed by atoms with van der Waals surface area (Å²) in [5.74, 6) is -0.421. The lowest BCUT2D eigenvalue weighted by molar-refractivity contribution is -0.117. The monoisotopic (exact) mass is 417 g/mol. The minimum Gasteiger partial charge on any atom is -0.496 e. The van der Waals surface area contributed by atoms with Crippen molar-refractivity contribution in [2.75, 3.05) is 12.9 Å². The van der Waals surface area contributed by atoms with E-state index in [1.165, 1.54) is 18.9 Å². The average molecular weight is 417 g/mol. The van der Waals surface area contributed by atoms with Crippen molar-refractivity contribution in [2.45, 2.75) is 5.16 Å². The molecule has 0 spiro atoms. The van der Waals surface area contributed by atoms with Gasteiger partial charge in [0.2, 0.25) is 5.91 Å². The molecule has 0 saturated carbocycles. The highest BCUT2D eigenvalue weighted by Gasteiger charge is 2.17. The van der Waals surface area contributed by atoms with Crippen molar-refractivity contribution in [3.05, 3.63) is 84.4 Å². The molecule has 4 aromatic rings. The molecule has 0 atom stereocenters. The van der Waals surface area contributed by atoms with Gasteiger partial charge in [0.05, 0.1) is 29.5 Å². The van der Waals surface area contributed by atoms with Gasteiger partial charge in [0.15, 0.2) is 5.16 Å². The number of nitrogens with one attached hydrogen (secondary N) is 1. The maximum absolute atomic E-state index is 12.4. The largest absolute Gasteiger partial charge is 0.496 e. The van der Waals surface area contributed by atoms with Crippen LogP contribution in [0.4, 0.5) is 0 Å². The van der Waals surface area contributed by atoms with Gasteiger partial charge in [0, 0.05) is 5.69 Å². The molecule has 0 saturated heterocycles. The molecule has 0 radical (unpaired) electrons. The van der Waals surface area contributed by atoms with Crippen molar-refractivity contribution in [1.82, 2.24) is 14.9 Å². The van der Waals surface area contributed by atoms with Crippen LogP contribution in [0.2, 0.25) is 0 Å². The Balaban J connectivity index is 1.53. The van der Waals surface area contributed by atoms with Crippen molar-refractivity contribution in [2.24, 2.45) is 0 Å². The summed E-state index contributed by atoms with van der Waals surface area (Å²) in [5, 5.41) is 3.10. The maximum Gasteiger partial charge on any atom is 0.261 e. The molecule has 7 heteroatoms. The minimum atomic E-state index is -0.491. The number of imidazole rings is 1. The number of nitrogens with zero attached hydrogens (tertiary/aromatic N) is 2. The van der Waals surface area contributed by atoms with Crippen LogP contribution in [-0.4, -0.2) is 34.2 Å². The van der Waals surface area contributed by atoms with Crippen molar-refractivity contribution >= 4 is 34.6 Å². The third-order valence-corrected chi connectivity index (χ3v) is 5.42. The molecule has 0 aliphatic carbocycles. The van der Waals surface area contributed by atoms with Gasteiger partial charge in [-0.05, 0) is 36.4 Å². The summed E-state index contributed by atoms with van der Waals surface area (Å²) in [6, 6.07) is 24.4. The summed E-state index contributed by atoms with van der Waals surface area (Å²) < 4.78 is 7.19. The third-order valence-electron chi connectivity index (χ3n) is 4.48. The van der Waals surface area contributed by atoms with E-state index < -0.39 is 11.8 Å². The number of fused-ring (bicyclic) bond motifs is 1. The van der Waals surface area contributed by atoms with Gasteiger partial charge in [0.25, 0.3) is 5.91 Å². The van der Waals surface area contributed by atoms with E-state index in [0.717, 1.165) is 16.7 Å². The molecule has 0 unspecified atom stereocenters. The number of imide groups is 1. The molecule has 3 aromatic carbocycles. The Hall–Kier alpha value is -3.58. The Kier molecular flexibility index (Phi) is 5.81. The molecule has 150 valence electrons. The predicted molar refractivity (Wildman–Crippen MR) is 117 cm³/mol. The molecule has 1 aromatic heterocycles. The van der Waals surface area contributed by atoms with Gasteiger partial charge in [0.1, 0.15) is 5.75 Å². The van der Waals surface area contributed by atoms with Gasteiger partial charge in [-0.25, -0.2) is 4.98 Å². The molecule has 30 heavy (non-hydrogen) atoms. The Bertz CT molecular complexity index is 1200. The third kappa shape index (κ3) is 4.06. The summed E-state index contributed by atoms with van der Waals surface area (Å²) in [5.41, 5.74) is 3.07. The van der Waals surface area contributed by atoms with Crippen LogP contribution in [-0.2, 0) is 4.79 Å². The van der Waals surface area contributed by atoms with Crippen molar-refractivity contribution in [3.63, 3.8) is 0 Å². The Morgan fingerprint density at radius 1 is 0.967 bits per heavy atom. The first-order valence-corrected chi connectivity index (χ1v) is 10.3.